The molecule has 0 fully saturated rings. The van der Waals surface area contributed by atoms with Gasteiger partial charge in [-0.15, -0.1) is 0 Å². The summed E-state index contributed by atoms with van der Waals surface area (Å²) in [7, 11) is 0. The van der Waals surface area contributed by atoms with Crippen molar-refractivity contribution in [3.8, 4) is 0 Å². The van der Waals surface area contributed by atoms with Crippen LogP contribution in [0.3, 0.4) is 0 Å². The van der Waals surface area contributed by atoms with Crippen LogP contribution < -0.4 is 11.2 Å². The molecule has 6 nitrogen and oxygen atoms in total. The number of nitrogens with zero attached hydrogens (tertiary/aromatic N) is 3. The molecule has 0 saturated heterocycles. The highest BCUT2D eigenvalue weighted by Gasteiger charge is 2.13. The lowest BCUT2D eigenvalue weighted by atomic mass is 10.3. The van der Waals surface area contributed by atoms with E-state index in [-0.39, 0.29) is 11.2 Å². The fourth-order valence-electron chi connectivity index (χ4n) is 1.90. The van der Waals surface area contributed by atoms with Crippen molar-refractivity contribution < 1.29 is 0 Å². The molecule has 2 aromatic heterocycles. The first-order valence-electron chi connectivity index (χ1n) is 5.87. The van der Waals surface area contributed by atoms with Gasteiger partial charge in [-0.2, -0.15) is 0 Å². The summed E-state index contributed by atoms with van der Waals surface area (Å²) in [5.74, 6) is 0. The number of hydrogen-bond acceptors (Lipinski definition) is 3. The zero-order valence-corrected chi connectivity index (χ0v) is 10.1. The molecule has 0 aromatic carbocycles. The molecule has 0 unspecified atom stereocenters. The molecule has 0 radical (unpaired) electrons. The Morgan fingerprint density at radius 2 is 2.06 bits per heavy atom. The summed E-state index contributed by atoms with van der Waals surface area (Å²) >= 11 is 0. The lowest BCUT2D eigenvalue weighted by Gasteiger charge is -2.09. The van der Waals surface area contributed by atoms with Crippen molar-refractivity contribution in [2.75, 3.05) is 0 Å². The van der Waals surface area contributed by atoms with E-state index in [0.29, 0.717) is 24.3 Å². The number of aromatic nitrogens is 4. The Hall–Kier alpha value is -1.85. The molecular formula is C11H16N4O2. The van der Waals surface area contributed by atoms with E-state index < -0.39 is 0 Å². The number of aryl methyl sites for hydroxylation is 1. The average Bonchev–Trinajstić information content (AvgIpc) is 2.79. The van der Waals surface area contributed by atoms with E-state index >= 15 is 0 Å². The van der Waals surface area contributed by atoms with Crippen molar-refractivity contribution in [3.63, 3.8) is 0 Å². The lowest BCUT2D eigenvalue weighted by Crippen LogP contribution is -2.39. The highest BCUT2D eigenvalue weighted by Crippen LogP contribution is 2.03. The minimum Gasteiger partial charge on any atom is -0.339 e. The van der Waals surface area contributed by atoms with E-state index in [1.807, 2.05) is 0 Å². The Bertz CT molecular complexity index is 635. The van der Waals surface area contributed by atoms with E-state index in [1.54, 1.807) is 11.5 Å². The SMILES string of the molecule is CCCCn1c(=O)n(CC)c(=O)c2[nH]cnc21. The third-order valence-corrected chi connectivity index (χ3v) is 2.85. The van der Waals surface area contributed by atoms with E-state index in [0.717, 1.165) is 12.8 Å². The van der Waals surface area contributed by atoms with Crippen LogP contribution in [0.4, 0.5) is 0 Å². The number of aromatic amines is 1. The summed E-state index contributed by atoms with van der Waals surface area (Å²) in [4.78, 5) is 30.9. The van der Waals surface area contributed by atoms with Crippen LogP contribution in [0.25, 0.3) is 11.2 Å². The van der Waals surface area contributed by atoms with Crippen molar-refractivity contribution in [1.29, 1.82) is 0 Å². The van der Waals surface area contributed by atoms with Gasteiger partial charge in [0, 0.05) is 13.1 Å². The monoisotopic (exact) mass is 236 g/mol. The first-order chi connectivity index (χ1) is 8.20. The van der Waals surface area contributed by atoms with Gasteiger partial charge in [0.15, 0.2) is 5.65 Å². The van der Waals surface area contributed by atoms with Crippen molar-refractivity contribution in [2.24, 2.45) is 0 Å². The van der Waals surface area contributed by atoms with Crippen molar-refractivity contribution >= 4 is 11.2 Å². The largest absolute Gasteiger partial charge is 0.339 e. The second kappa shape index (κ2) is 4.57. The highest BCUT2D eigenvalue weighted by atomic mass is 16.2. The molecule has 0 aliphatic heterocycles. The van der Waals surface area contributed by atoms with Crippen LogP contribution in [0.1, 0.15) is 26.7 Å². The van der Waals surface area contributed by atoms with Gasteiger partial charge in [-0.1, -0.05) is 13.3 Å². The first-order valence-corrected chi connectivity index (χ1v) is 5.87. The van der Waals surface area contributed by atoms with Gasteiger partial charge in [0.1, 0.15) is 5.52 Å². The molecule has 0 aliphatic carbocycles. The van der Waals surface area contributed by atoms with E-state index in [2.05, 4.69) is 16.9 Å². The van der Waals surface area contributed by atoms with Crippen molar-refractivity contribution in [1.82, 2.24) is 19.1 Å². The molecule has 0 bridgehead atoms. The van der Waals surface area contributed by atoms with E-state index in [4.69, 9.17) is 0 Å². The summed E-state index contributed by atoms with van der Waals surface area (Å²) in [6, 6.07) is 0. The summed E-state index contributed by atoms with van der Waals surface area (Å²) in [5, 5.41) is 0. The van der Waals surface area contributed by atoms with Gasteiger partial charge in [-0.05, 0) is 13.3 Å². The zero-order valence-electron chi connectivity index (χ0n) is 10.1. The Morgan fingerprint density at radius 1 is 1.29 bits per heavy atom. The Labute approximate surface area is 97.9 Å². The molecule has 0 spiro atoms. The predicted octanol–water partition coefficient (Wildman–Crippen LogP) is 0.706. The molecule has 0 aliphatic rings. The maximum absolute atomic E-state index is 12.1. The van der Waals surface area contributed by atoms with Crippen molar-refractivity contribution in [2.45, 2.75) is 39.8 Å². The molecule has 0 saturated carbocycles. The fraction of sp³-hybridized carbons (Fsp3) is 0.545. The zero-order chi connectivity index (χ0) is 12.4. The number of fused-ring (bicyclic) bond motifs is 1. The topological polar surface area (TPSA) is 72.7 Å². The molecular weight excluding hydrogens is 220 g/mol. The smallest absolute Gasteiger partial charge is 0.332 e. The normalized spacial score (nSPS) is 11.2. The average molecular weight is 236 g/mol. The summed E-state index contributed by atoms with van der Waals surface area (Å²) in [6.07, 6.45) is 3.33. The summed E-state index contributed by atoms with van der Waals surface area (Å²) in [6.45, 7) is 4.81. The highest BCUT2D eigenvalue weighted by molar-refractivity contribution is 5.68. The number of imidazole rings is 1. The maximum Gasteiger partial charge on any atom is 0.332 e. The van der Waals surface area contributed by atoms with Crippen LogP contribution in [0, 0.1) is 0 Å². The third-order valence-electron chi connectivity index (χ3n) is 2.85. The van der Waals surface area contributed by atoms with Crippen LogP contribution in [-0.2, 0) is 13.1 Å². The van der Waals surface area contributed by atoms with Gasteiger partial charge in [-0.25, -0.2) is 9.78 Å². The van der Waals surface area contributed by atoms with Gasteiger partial charge in [-0.3, -0.25) is 13.9 Å². The van der Waals surface area contributed by atoms with Crippen LogP contribution in [0.5, 0.6) is 0 Å². The predicted molar refractivity (Wildman–Crippen MR) is 65.2 cm³/mol. The molecule has 2 rings (SSSR count). The van der Waals surface area contributed by atoms with Crippen LogP contribution in [0.15, 0.2) is 15.9 Å². The summed E-state index contributed by atoms with van der Waals surface area (Å²) in [5.41, 5.74) is 0.295. The molecule has 6 heteroatoms. The first kappa shape index (κ1) is 11.6. The number of hydrogen-bond donors (Lipinski definition) is 1. The van der Waals surface area contributed by atoms with E-state index in [9.17, 15) is 9.59 Å². The number of H-pyrrole nitrogens is 1. The Morgan fingerprint density at radius 3 is 2.71 bits per heavy atom. The van der Waals surface area contributed by atoms with Crippen LogP contribution in [0.2, 0.25) is 0 Å². The number of nitrogens with one attached hydrogen (secondary N) is 1. The van der Waals surface area contributed by atoms with Gasteiger partial charge in [0.2, 0.25) is 0 Å². The Balaban J connectivity index is 2.76. The standard InChI is InChI=1S/C11H16N4O2/c1-3-5-6-15-9-8(12-7-13-9)10(16)14(4-2)11(15)17/h7H,3-6H2,1-2H3,(H,12,13). The molecule has 92 valence electrons. The van der Waals surface area contributed by atoms with Gasteiger partial charge in [0.05, 0.1) is 6.33 Å². The molecule has 1 N–H and O–H groups in total. The minimum absolute atomic E-state index is 0.273. The molecule has 0 amide bonds. The Kier molecular flexibility index (Phi) is 3.12. The number of unbranched alkanes of at least 4 members (excludes halogenated alkanes) is 1. The third kappa shape index (κ3) is 1.79. The lowest BCUT2D eigenvalue weighted by molar-refractivity contribution is 0.562. The second-order valence-electron chi connectivity index (χ2n) is 3.94. The van der Waals surface area contributed by atoms with Crippen LogP contribution in [-0.4, -0.2) is 19.1 Å². The van der Waals surface area contributed by atoms with Gasteiger partial charge < -0.3 is 4.98 Å². The molecule has 2 heterocycles. The summed E-state index contributed by atoms with van der Waals surface area (Å²) < 4.78 is 2.80. The second-order valence-corrected chi connectivity index (χ2v) is 3.94. The van der Waals surface area contributed by atoms with Crippen LogP contribution >= 0.6 is 0 Å². The maximum atomic E-state index is 12.1. The quantitative estimate of drug-likeness (QED) is 0.849. The van der Waals surface area contributed by atoms with E-state index in [1.165, 1.54) is 10.9 Å². The molecule has 2 aromatic rings. The number of rotatable bonds is 4. The van der Waals surface area contributed by atoms with Gasteiger partial charge in [0.25, 0.3) is 5.56 Å². The van der Waals surface area contributed by atoms with Gasteiger partial charge >= 0.3 is 5.69 Å². The molecule has 17 heavy (non-hydrogen) atoms. The minimum atomic E-state index is -0.294. The fourth-order valence-corrected chi connectivity index (χ4v) is 1.90. The van der Waals surface area contributed by atoms with Crippen molar-refractivity contribution in [3.05, 3.63) is 27.2 Å². The molecule has 0 atom stereocenters.